The van der Waals surface area contributed by atoms with E-state index in [-0.39, 0.29) is 11.4 Å². The molecule has 2 aromatic rings. The van der Waals surface area contributed by atoms with Crippen LogP contribution in [-0.2, 0) is 4.74 Å². The van der Waals surface area contributed by atoms with Gasteiger partial charge in [-0.2, -0.15) is 0 Å². The lowest BCUT2D eigenvalue weighted by Crippen LogP contribution is -2.16. The average molecular weight is 257 g/mol. The van der Waals surface area contributed by atoms with Crippen LogP contribution in [-0.4, -0.2) is 29.0 Å². The number of hydrogen-bond donors (Lipinski definition) is 1. The predicted molar refractivity (Wildman–Crippen MR) is 67.8 cm³/mol. The number of nitrogens with zero attached hydrogens (tertiary/aromatic N) is 2. The number of carbonyl (C=O) groups excluding carboxylic acids is 2. The fraction of sp³-hybridized carbons (Fsp3) is 0.0769. The fourth-order valence-corrected chi connectivity index (χ4v) is 1.46. The highest BCUT2D eigenvalue weighted by molar-refractivity contribution is 6.06. The van der Waals surface area contributed by atoms with Crippen LogP contribution in [0.3, 0.4) is 0 Å². The SMILES string of the molecule is COC(=O)c1cccnc1NC(=O)c1cccnc1. The average Bonchev–Trinajstić information content (AvgIpc) is 2.48. The third-order valence-electron chi connectivity index (χ3n) is 2.37. The Labute approximate surface area is 109 Å². The number of amides is 1. The van der Waals surface area contributed by atoms with Crippen LogP contribution in [0.1, 0.15) is 20.7 Å². The summed E-state index contributed by atoms with van der Waals surface area (Å²) in [6, 6.07) is 6.38. The monoisotopic (exact) mass is 257 g/mol. The summed E-state index contributed by atoms with van der Waals surface area (Å²) in [6.07, 6.45) is 4.47. The second-order valence-corrected chi connectivity index (χ2v) is 3.59. The van der Waals surface area contributed by atoms with Gasteiger partial charge in [-0.25, -0.2) is 9.78 Å². The van der Waals surface area contributed by atoms with Crippen molar-refractivity contribution in [1.82, 2.24) is 9.97 Å². The van der Waals surface area contributed by atoms with Crippen molar-refractivity contribution in [2.24, 2.45) is 0 Å². The number of anilines is 1. The van der Waals surface area contributed by atoms with Crippen LogP contribution in [0.5, 0.6) is 0 Å². The zero-order valence-corrected chi connectivity index (χ0v) is 10.2. The van der Waals surface area contributed by atoms with Crippen molar-refractivity contribution >= 4 is 17.7 Å². The van der Waals surface area contributed by atoms with Crippen molar-refractivity contribution in [3.8, 4) is 0 Å². The van der Waals surface area contributed by atoms with Gasteiger partial charge >= 0.3 is 5.97 Å². The minimum Gasteiger partial charge on any atom is -0.465 e. The smallest absolute Gasteiger partial charge is 0.341 e. The lowest BCUT2D eigenvalue weighted by atomic mass is 10.2. The first-order valence-corrected chi connectivity index (χ1v) is 5.47. The number of rotatable bonds is 3. The Morgan fingerprint density at radius 2 is 2.00 bits per heavy atom. The van der Waals surface area contributed by atoms with Crippen LogP contribution in [0, 0.1) is 0 Å². The number of carbonyl (C=O) groups is 2. The molecular weight excluding hydrogens is 246 g/mol. The van der Waals surface area contributed by atoms with Crippen LogP contribution in [0.25, 0.3) is 0 Å². The van der Waals surface area contributed by atoms with Crippen molar-refractivity contribution in [3.63, 3.8) is 0 Å². The van der Waals surface area contributed by atoms with Crippen molar-refractivity contribution in [3.05, 3.63) is 54.0 Å². The molecule has 6 nitrogen and oxygen atoms in total. The molecule has 0 saturated heterocycles. The zero-order chi connectivity index (χ0) is 13.7. The van der Waals surface area contributed by atoms with Gasteiger partial charge in [-0.15, -0.1) is 0 Å². The highest BCUT2D eigenvalue weighted by Gasteiger charge is 2.15. The maximum atomic E-state index is 11.9. The topological polar surface area (TPSA) is 81.2 Å². The Bertz CT molecular complexity index is 599. The third-order valence-corrected chi connectivity index (χ3v) is 2.37. The standard InChI is InChI=1S/C13H11N3O3/c1-19-13(18)10-5-3-7-15-11(10)16-12(17)9-4-2-6-14-8-9/h2-8H,1H3,(H,15,16,17). The Morgan fingerprint density at radius 3 is 2.68 bits per heavy atom. The molecule has 0 radical (unpaired) electrons. The maximum absolute atomic E-state index is 11.9. The Morgan fingerprint density at radius 1 is 1.21 bits per heavy atom. The van der Waals surface area contributed by atoms with Gasteiger partial charge in [0.25, 0.3) is 5.91 Å². The van der Waals surface area contributed by atoms with Gasteiger partial charge in [0.15, 0.2) is 0 Å². The van der Waals surface area contributed by atoms with Gasteiger partial charge in [-0.1, -0.05) is 0 Å². The molecule has 2 rings (SSSR count). The molecule has 0 bridgehead atoms. The number of hydrogen-bond acceptors (Lipinski definition) is 5. The normalized spacial score (nSPS) is 9.74. The Kier molecular flexibility index (Phi) is 3.82. The van der Waals surface area contributed by atoms with E-state index in [9.17, 15) is 9.59 Å². The van der Waals surface area contributed by atoms with E-state index in [1.54, 1.807) is 24.4 Å². The van der Waals surface area contributed by atoms with Crippen LogP contribution < -0.4 is 5.32 Å². The second-order valence-electron chi connectivity index (χ2n) is 3.59. The Balaban J connectivity index is 2.25. The van der Waals surface area contributed by atoms with Gasteiger partial charge in [0.2, 0.25) is 0 Å². The van der Waals surface area contributed by atoms with Crippen LogP contribution in [0.4, 0.5) is 5.82 Å². The molecule has 0 aliphatic rings. The first-order valence-electron chi connectivity index (χ1n) is 5.47. The molecule has 6 heteroatoms. The molecule has 0 unspecified atom stereocenters. The molecular formula is C13H11N3O3. The van der Waals surface area contributed by atoms with Crippen molar-refractivity contribution in [1.29, 1.82) is 0 Å². The van der Waals surface area contributed by atoms with Gasteiger partial charge in [0.05, 0.1) is 12.7 Å². The fourth-order valence-electron chi connectivity index (χ4n) is 1.46. The molecule has 0 aliphatic carbocycles. The van der Waals surface area contributed by atoms with Crippen molar-refractivity contribution < 1.29 is 14.3 Å². The van der Waals surface area contributed by atoms with E-state index < -0.39 is 11.9 Å². The molecule has 2 aromatic heterocycles. The van der Waals surface area contributed by atoms with Crippen molar-refractivity contribution in [2.45, 2.75) is 0 Å². The summed E-state index contributed by atoms with van der Waals surface area (Å²) in [5.74, 6) is -0.797. The molecule has 0 saturated carbocycles. The van der Waals surface area contributed by atoms with Crippen LogP contribution in [0.15, 0.2) is 42.9 Å². The lowest BCUT2D eigenvalue weighted by Gasteiger charge is -2.08. The minimum absolute atomic E-state index is 0.156. The molecule has 96 valence electrons. The van der Waals surface area contributed by atoms with Gasteiger partial charge in [-0.3, -0.25) is 9.78 Å². The first-order chi connectivity index (χ1) is 9.22. The van der Waals surface area contributed by atoms with E-state index in [0.29, 0.717) is 5.56 Å². The summed E-state index contributed by atoms with van der Waals surface area (Å²) < 4.78 is 4.62. The van der Waals surface area contributed by atoms with E-state index in [0.717, 1.165) is 0 Å². The Hall–Kier alpha value is -2.76. The minimum atomic E-state index is -0.561. The number of methoxy groups -OCH3 is 1. The first kappa shape index (κ1) is 12.7. The van der Waals surface area contributed by atoms with E-state index in [1.807, 2.05) is 0 Å². The maximum Gasteiger partial charge on any atom is 0.341 e. The molecule has 0 fully saturated rings. The molecule has 0 aromatic carbocycles. The van der Waals surface area contributed by atoms with E-state index >= 15 is 0 Å². The van der Waals surface area contributed by atoms with E-state index in [4.69, 9.17) is 0 Å². The highest BCUT2D eigenvalue weighted by Crippen LogP contribution is 2.13. The molecule has 0 spiro atoms. The number of nitrogens with one attached hydrogen (secondary N) is 1. The summed E-state index contributed by atoms with van der Waals surface area (Å²) in [7, 11) is 1.27. The molecule has 1 N–H and O–H groups in total. The molecule has 0 aliphatic heterocycles. The van der Waals surface area contributed by atoms with Gasteiger partial charge < -0.3 is 10.1 Å². The summed E-state index contributed by atoms with van der Waals surface area (Å²) in [6.45, 7) is 0. The van der Waals surface area contributed by atoms with Gasteiger partial charge in [-0.05, 0) is 24.3 Å². The summed E-state index contributed by atoms with van der Waals surface area (Å²) in [5, 5.41) is 2.55. The quantitative estimate of drug-likeness (QED) is 0.843. The summed E-state index contributed by atoms with van der Waals surface area (Å²) >= 11 is 0. The number of ether oxygens (including phenoxy) is 1. The number of pyridine rings is 2. The zero-order valence-electron chi connectivity index (χ0n) is 10.2. The summed E-state index contributed by atoms with van der Waals surface area (Å²) in [5.41, 5.74) is 0.575. The number of esters is 1. The van der Waals surface area contributed by atoms with E-state index in [2.05, 4.69) is 20.0 Å². The molecule has 1 amide bonds. The van der Waals surface area contributed by atoms with Gasteiger partial charge in [0, 0.05) is 18.6 Å². The summed E-state index contributed by atoms with van der Waals surface area (Å²) in [4.78, 5) is 31.3. The highest BCUT2D eigenvalue weighted by atomic mass is 16.5. The lowest BCUT2D eigenvalue weighted by molar-refractivity contribution is 0.0601. The van der Waals surface area contributed by atoms with Crippen molar-refractivity contribution in [2.75, 3.05) is 12.4 Å². The second kappa shape index (κ2) is 5.72. The van der Waals surface area contributed by atoms with Crippen LogP contribution >= 0.6 is 0 Å². The predicted octanol–water partition coefficient (Wildman–Crippen LogP) is 1.52. The van der Waals surface area contributed by atoms with E-state index in [1.165, 1.54) is 25.6 Å². The van der Waals surface area contributed by atoms with Gasteiger partial charge in [0.1, 0.15) is 11.4 Å². The third kappa shape index (κ3) is 2.92. The largest absolute Gasteiger partial charge is 0.465 e. The van der Waals surface area contributed by atoms with Crippen LogP contribution in [0.2, 0.25) is 0 Å². The molecule has 19 heavy (non-hydrogen) atoms. The molecule has 0 atom stereocenters. The number of aromatic nitrogens is 2. The molecule has 2 heterocycles.